The van der Waals surface area contributed by atoms with Gasteiger partial charge in [-0.05, 0) is 115 Å². The number of rotatable bonds is 9. The van der Waals surface area contributed by atoms with Crippen LogP contribution in [0.3, 0.4) is 0 Å². The summed E-state index contributed by atoms with van der Waals surface area (Å²) in [7, 11) is 4.29. The Morgan fingerprint density at radius 3 is 2.13 bits per heavy atom. The van der Waals surface area contributed by atoms with Crippen LogP contribution >= 0.6 is 0 Å². The van der Waals surface area contributed by atoms with Gasteiger partial charge < -0.3 is 10.2 Å². The molecule has 0 fully saturated rings. The van der Waals surface area contributed by atoms with Gasteiger partial charge in [-0.1, -0.05) is 129 Å². The first-order valence-corrected chi connectivity index (χ1v) is 21.0. The summed E-state index contributed by atoms with van der Waals surface area (Å²) in [5, 5.41) is 5.73. The van der Waals surface area contributed by atoms with E-state index in [0.29, 0.717) is 17.8 Å². The van der Waals surface area contributed by atoms with Crippen molar-refractivity contribution in [1.29, 1.82) is 0 Å². The fraction of sp³-hybridized carbons (Fsp3) is 0.185. The van der Waals surface area contributed by atoms with Crippen molar-refractivity contribution in [1.82, 2.24) is 30.2 Å². The minimum absolute atomic E-state index is 0.175. The molecule has 6 nitrogen and oxygen atoms in total. The third kappa shape index (κ3) is 7.74. The summed E-state index contributed by atoms with van der Waals surface area (Å²) in [5.41, 5.74) is 14.7. The number of fused-ring (bicyclic) bond motifs is 2. The Labute approximate surface area is 353 Å². The lowest BCUT2D eigenvalue weighted by Crippen LogP contribution is -2.39. The number of likely N-dealkylation sites (N-methyl/N-ethyl adjacent to an activating group) is 2. The van der Waals surface area contributed by atoms with Gasteiger partial charge in [0.25, 0.3) is 0 Å². The number of nitrogens with zero attached hydrogens (tertiary/aromatic N) is 5. The van der Waals surface area contributed by atoms with E-state index in [2.05, 4.69) is 165 Å². The van der Waals surface area contributed by atoms with Gasteiger partial charge in [0.1, 0.15) is 5.69 Å². The molecule has 1 aliphatic heterocycles. The van der Waals surface area contributed by atoms with Crippen molar-refractivity contribution < 1.29 is 0 Å². The van der Waals surface area contributed by atoms with E-state index in [4.69, 9.17) is 19.9 Å². The number of nitrogens with one attached hydrogen (secondary N) is 1. The third-order valence-corrected chi connectivity index (χ3v) is 11.9. The van der Waals surface area contributed by atoms with Gasteiger partial charge in [-0.3, -0.25) is 0 Å². The summed E-state index contributed by atoms with van der Waals surface area (Å²) in [6.45, 7) is 8.23. The van der Waals surface area contributed by atoms with Crippen LogP contribution in [0.1, 0.15) is 56.1 Å². The second-order valence-electron chi connectivity index (χ2n) is 16.0. The topological polar surface area (TPSA) is 66.8 Å². The zero-order valence-corrected chi connectivity index (χ0v) is 34.8. The van der Waals surface area contributed by atoms with Gasteiger partial charge in [-0.2, -0.15) is 0 Å². The van der Waals surface area contributed by atoms with Gasteiger partial charge in [0.2, 0.25) is 0 Å². The van der Waals surface area contributed by atoms with Crippen molar-refractivity contribution in [3.8, 4) is 33.9 Å². The van der Waals surface area contributed by atoms with Crippen LogP contribution in [0, 0.1) is 5.92 Å². The first kappa shape index (κ1) is 38.7. The highest BCUT2D eigenvalue weighted by atomic mass is 15.2. The maximum absolute atomic E-state index is 5.10. The smallest absolute Gasteiger partial charge is 0.179 e. The average molecular weight is 783 g/mol. The van der Waals surface area contributed by atoms with E-state index in [1.807, 2.05) is 31.2 Å². The third-order valence-electron chi connectivity index (χ3n) is 11.9. The number of allylic oxidation sites excluding steroid dienone is 13. The molecule has 9 rings (SSSR count). The molecule has 6 heteroatoms. The molecule has 0 saturated heterocycles. The van der Waals surface area contributed by atoms with Crippen molar-refractivity contribution in [2.24, 2.45) is 5.92 Å². The molecule has 3 aromatic heterocycles. The summed E-state index contributed by atoms with van der Waals surface area (Å²) < 4.78 is 0. The normalized spacial score (nSPS) is 19.3. The summed E-state index contributed by atoms with van der Waals surface area (Å²) >= 11 is 0. The Balaban J connectivity index is 0.952. The predicted octanol–water partition coefficient (Wildman–Crippen LogP) is 12.4. The molecule has 60 heavy (non-hydrogen) atoms. The van der Waals surface area contributed by atoms with Crippen LogP contribution in [-0.2, 0) is 0 Å². The molecule has 2 aliphatic carbocycles. The zero-order valence-electron chi connectivity index (χ0n) is 34.8. The molecule has 0 amide bonds. The van der Waals surface area contributed by atoms with Crippen LogP contribution in [0.25, 0.3) is 66.9 Å². The highest BCUT2D eigenvalue weighted by Gasteiger charge is 2.29. The van der Waals surface area contributed by atoms with Crippen molar-refractivity contribution in [3.05, 3.63) is 193 Å². The molecule has 296 valence electrons. The Bertz CT molecular complexity index is 2850. The molecule has 0 saturated carbocycles. The van der Waals surface area contributed by atoms with Gasteiger partial charge in [0, 0.05) is 35.1 Å². The van der Waals surface area contributed by atoms with E-state index in [9.17, 15) is 0 Å². The van der Waals surface area contributed by atoms with Crippen LogP contribution in [0.15, 0.2) is 176 Å². The van der Waals surface area contributed by atoms with Gasteiger partial charge in [0.15, 0.2) is 5.82 Å². The summed E-state index contributed by atoms with van der Waals surface area (Å²) in [6.07, 6.45) is 26.8. The van der Waals surface area contributed by atoms with Crippen molar-refractivity contribution in [2.45, 2.75) is 45.2 Å². The number of aromatic nitrogens is 4. The fourth-order valence-electron chi connectivity index (χ4n) is 8.71. The maximum Gasteiger partial charge on any atom is 0.179 e. The molecule has 3 aliphatic rings. The zero-order chi connectivity index (χ0) is 41.2. The lowest BCUT2D eigenvalue weighted by Gasteiger charge is -2.38. The van der Waals surface area contributed by atoms with E-state index in [1.54, 1.807) is 6.08 Å². The van der Waals surface area contributed by atoms with E-state index in [-0.39, 0.29) is 6.04 Å². The highest BCUT2D eigenvalue weighted by Crippen LogP contribution is 2.37. The van der Waals surface area contributed by atoms with Crippen LogP contribution < -0.4 is 5.32 Å². The molecule has 3 unspecified atom stereocenters. The molecule has 6 aromatic rings. The van der Waals surface area contributed by atoms with Crippen LogP contribution in [0.5, 0.6) is 0 Å². The number of hydrogen-bond acceptors (Lipinski definition) is 6. The summed E-state index contributed by atoms with van der Waals surface area (Å²) in [4.78, 5) is 22.6. The molecule has 3 atom stereocenters. The molecule has 0 bridgehead atoms. The summed E-state index contributed by atoms with van der Waals surface area (Å²) in [5.74, 6) is 1.13. The summed E-state index contributed by atoms with van der Waals surface area (Å²) in [6, 6.07) is 32.9. The molecule has 3 aromatic carbocycles. The molecule has 1 N–H and O–H groups in total. The number of benzene rings is 3. The van der Waals surface area contributed by atoms with Gasteiger partial charge in [-0.15, -0.1) is 0 Å². The largest absolute Gasteiger partial charge is 0.366 e. The lowest BCUT2D eigenvalue weighted by molar-refractivity contribution is 0.306. The second-order valence-corrected chi connectivity index (χ2v) is 16.0. The fourth-order valence-corrected chi connectivity index (χ4v) is 8.71. The predicted molar refractivity (Wildman–Crippen MR) is 251 cm³/mol. The molecular formula is C54H50N6. The minimum atomic E-state index is 0.175. The maximum atomic E-state index is 5.10. The average Bonchev–Trinajstić information content (AvgIpc) is 3.47. The molecular weight excluding hydrogens is 733 g/mol. The Morgan fingerprint density at radius 1 is 0.750 bits per heavy atom. The van der Waals surface area contributed by atoms with E-state index in [1.165, 1.54) is 16.8 Å². The SMILES string of the molecule is C=C/C=C(\C=C/C)c1cc(C2=CCCC=C2)nc(-c2ccc3cc(-c4ccc5nc(-c6ccc(C7C=CC8=C(C(NC)CC(C)C=C8)N7C)cc6)ccc5c4)ccc3n2)n1. The highest BCUT2D eigenvalue weighted by molar-refractivity contribution is 5.90. The van der Waals surface area contributed by atoms with Gasteiger partial charge >= 0.3 is 0 Å². The second kappa shape index (κ2) is 16.8. The van der Waals surface area contributed by atoms with Gasteiger partial charge in [0.05, 0.1) is 34.2 Å². The molecule has 4 heterocycles. The first-order valence-electron chi connectivity index (χ1n) is 21.0. The lowest BCUT2D eigenvalue weighted by atomic mass is 9.93. The van der Waals surface area contributed by atoms with Gasteiger partial charge in [-0.25, -0.2) is 19.9 Å². The van der Waals surface area contributed by atoms with E-state index < -0.39 is 0 Å². The van der Waals surface area contributed by atoms with Crippen molar-refractivity contribution >= 4 is 33.0 Å². The molecule has 0 spiro atoms. The van der Waals surface area contributed by atoms with Crippen LogP contribution in [-0.4, -0.2) is 45.0 Å². The number of hydrogen-bond donors (Lipinski definition) is 1. The van der Waals surface area contributed by atoms with E-state index in [0.717, 1.165) is 91.7 Å². The van der Waals surface area contributed by atoms with E-state index >= 15 is 0 Å². The molecule has 0 radical (unpaired) electrons. The van der Waals surface area contributed by atoms with Crippen LogP contribution in [0.4, 0.5) is 0 Å². The quantitative estimate of drug-likeness (QED) is 0.147. The van der Waals surface area contributed by atoms with Crippen molar-refractivity contribution in [2.75, 3.05) is 14.1 Å². The Kier molecular flexibility index (Phi) is 10.9. The number of pyridine rings is 2. The van der Waals surface area contributed by atoms with Crippen LogP contribution in [0.2, 0.25) is 0 Å². The minimum Gasteiger partial charge on any atom is -0.366 e. The van der Waals surface area contributed by atoms with Crippen molar-refractivity contribution in [3.63, 3.8) is 0 Å². The Hall–Kier alpha value is -6.76. The standard InChI is InChI=1S/C54H50N6/c1-6-11-36(12-7-2)49-34-50(37-13-9-8-10-14-37)59-54(58-49)48-29-24-44-33-42(22-27-47(44)57-48)41-21-26-46-43(32-41)23-28-45(56-46)38-17-19-39(20-18-38)52-30-25-40-16-15-35(3)31-51(55-4)53(40)60(52)5/h6-7,9,11-30,32-35,51-52,55H,1,8,10,31H2,2-5H3/b12-7-,36-11+. The first-order chi connectivity index (χ1) is 29.4. The Morgan fingerprint density at radius 2 is 1.45 bits per heavy atom. The monoisotopic (exact) mass is 782 g/mol.